The highest BCUT2D eigenvalue weighted by atomic mass is 16.5. The molecule has 1 amide bonds. The van der Waals surface area contributed by atoms with Crippen molar-refractivity contribution in [1.82, 2.24) is 5.32 Å². The maximum atomic E-state index is 12.5. The molecule has 0 fully saturated rings. The molecule has 0 saturated carbocycles. The third-order valence-corrected chi connectivity index (χ3v) is 14.2. The molecule has 0 aromatic rings. The molecule has 0 aliphatic carbocycles. The molecule has 6 heteroatoms. The minimum atomic E-state index is -0.676. The Balaban J connectivity index is 3.47. The van der Waals surface area contributed by atoms with Crippen molar-refractivity contribution in [2.75, 3.05) is 13.2 Å². The largest absolute Gasteiger partial charge is 0.466 e. The van der Waals surface area contributed by atoms with Gasteiger partial charge >= 0.3 is 5.97 Å². The van der Waals surface area contributed by atoms with Crippen molar-refractivity contribution in [1.29, 1.82) is 0 Å². The van der Waals surface area contributed by atoms with Crippen LogP contribution in [-0.4, -0.2) is 47.4 Å². The average Bonchev–Trinajstić information content (AvgIpc) is 3.34. The molecule has 0 radical (unpaired) electrons. The van der Waals surface area contributed by atoms with E-state index < -0.39 is 12.1 Å². The summed E-state index contributed by atoms with van der Waals surface area (Å²) in [5, 5.41) is 23.4. The highest BCUT2D eigenvalue weighted by molar-refractivity contribution is 5.76. The molecule has 0 heterocycles. The van der Waals surface area contributed by atoms with Crippen LogP contribution >= 0.6 is 0 Å². The van der Waals surface area contributed by atoms with Crippen LogP contribution < -0.4 is 5.32 Å². The van der Waals surface area contributed by atoms with Gasteiger partial charge in [-0.25, -0.2) is 0 Å². The van der Waals surface area contributed by atoms with Gasteiger partial charge < -0.3 is 20.3 Å². The lowest BCUT2D eigenvalue weighted by molar-refractivity contribution is -0.143. The second-order valence-electron chi connectivity index (χ2n) is 21.0. The molecule has 2 unspecified atom stereocenters. The predicted octanol–water partition coefficient (Wildman–Crippen LogP) is 19.0. The van der Waals surface area contributed by atoms with Crippen molar-refractivity contribution in [3.05, 3.63) is 24.3 Å². The monoisotopic (exact) mass is 958 g/mol. The lowest BCUT2D eigenvalue weighted by atomic mass is 10.0. The number of carbonyl (C=O) groups excluding carboxylic acids is 2. The van der Waals surface area contributed by atoms with E-state index in [9.17, 15) is 19.8 Å². The predicted molar refractivity (Wildman–Crippen MR) is 296 cm³/mol. The van der Waals surface area contributed by atoms with Crippen LogP contribution in [0.4, 0.5) is 0 Å². The lowest BCUT2D eigenvalue weighted by Crippen LogP contribution is -2.45. The summed E-state index contributed by atoms with van der Waals surface area (Å²) >= 11 is 0. The van der Waals surface area contributed by atoms with E-state index in [1.807, 2.05) is 0 Å². The molecule has 68 heavy (non-hydrogen) atoms. The van der Waals surface area contributed by atoms with Gasteiger partial charge in [-0.15, -0.1) is 0 Å². The van der Waals surface area contributed by atoms with E-state index in [0.29, 0.717) is 25.9 Å². The van der Waals surface area contributed by atoms with Gasteiger partial charge in [0.2, 0.25) is 5.91 Å². The summed E-state index contributed by atoms with van der Waals surface area (Å²) in [4.78, 5) is 24.5. The number of esters is 1. The van der Waals surface area contributed by atoms with Crippen molar-refractivity contribution in [3.63, 3.8) is 0 Å². The number of hydrogen-bond donors (Lipinski definition) is 3. The second kappa shape index (κ2) is 57.9. The molecule has 0 saturated heterocycles. The minimum Gasteiger partial charge on any atom is -0.466 e. The first kappa shape index (κ1) is 66.3. The third-order valence-electron chi connectivity index (χ3n) is 14.2. The number of unbranched alkanes of at least 4 members (excludes halogenated alkanes) is 42. The number of allylic oxidation sites excluding steroid dienone is 4. The summed E-state index contributed by atoms with van der Waals surface area (Å²) in [6.07, 6.45) is 70.3. The Labute approximate surface area is 424 Å². The zero-order chi connectivity index (χ0) is 49.3. The molecule has 0 aliphatic heterocycles. The van der Waals surface area contributed by atoms with E-state index in [2.05, 4.69) is 43.5 Å². The minimum absolute atomic E-state index is 0.0114. The number of ether oxygens (including phenoxy) is 1. The zero-order valence-electron chi connectivity index (χ0n) is 45.9. The number of amides is 1. The number of aliphatic hydroxyl groups is 2. The van der Waals surface area contributed by atoms with Gasteiger partial charge in [-0.05, 0) is 77.0 Å². The summed E-state index contributed by atoms with van der Waals surface area (Å²) in [5.41, 5.74) is 0. The van der Waals surface area contributed by atoms with Crippen LogP contribution in [0.3, 0.4) is 0 Å². The maximum Gasteiger partial charge on any atom is 0.305 e. The first-order valence-corrected chi connectivity index (χ1v) is 30.6. The molecule has 0 aliphatic rings. The Bertz CT molecular complexity index is 1060. The van der Waals surface area contributed by atoms with Gasteiger partial charge in [-0.2, -0.15) is 0 Å². The van der Waals surface area contributed by atoms with E-state index in [-0.39, 0.29) is 18.5 Å². The number of nitrogens with one attached hydrogen (secondary N) is 1. The van der Waals surface area contributed by atoms with Gasteiger partial charge in [-0.3, -0.25) is 9.59 Å². The van der Waals surface area contributed by atoms with Gasteiger partial charge in [0, 0.05) is 12.8 Å². The number of rotatable bonds is 57. The van der Waals surface area contributed by atoms with Crippen molar-refractivity contribution < 1.29 is 24.5 Å². The van der Waals surface area contributed by atoms with Crippen LogP contribution in [0.1, 0.15) is 335 Å². The van der Waals surface area contributed by atoms with Crippen molar-refractivity contribution in [2.45, 2.75) is 347 Å². The fourth-order valence-corrected chi connectivity index (χ4v) is 9.51. The van der Waals surface area contributed by atoms with Gasteiger partial charge in [0.15, 0.2) is 0 Å². The molecule has 0 spiro atoms. The van der Waals surface area contributed by atoms with E-state index in [0.717, 1.165) is 64.2 Å². The van der Waals surface area contributed by atoms with Crippen LogP contribution in [0.25, 0.3) is 0 Å². The Morgan fingerprint density at radius 1 is 0.397 bits per heavy atom. The van der Waals surface area contributed by atoms with Crippen molar-refractivity contribution in [2.24, 2.45) is 0 Å². The molecule has 3 N–H and O–H groups in total. The Morgan fingerprint density at radius 3 is 1.06 bits per heavy atom. The first-order valence-electron chi connectivity index (χ1n) is 30.6. The van der Waals surface area contributed by atoms with E-state index in [4.69, 9.17) is 4.74 Å². The van der Waals surface area contributed by atoms with Crippen LogP contribution in [0.2, 0.25) is 0 Å². The molecular weight excluding hydrogens is 839 g/mol. The summed E-state index contributed by atoms with van der Waals surface area (Å²) in [6, 6.07) is -0.555. The third kappa shape index (κ3) is 53.7. The van der Waals surface area contributed by atoms with Crippen LogP contribution in [-0.2, 0) is 14.3 Å². The zero-order valence-corrected chi connectivity index (χ0v) is 45.9. The standard InChI is InChI=1S/C62H119NO5/c1-3-5-7-9-11-13-15-17-18-19-20-21-22-23-24-27-31-34-38-42-46-50-54-60(65)59(58-64)63-61(66)55-51-47-43-39-35-32-28-25-26-29-33-37-41-45-49-53-57-68-62(67)56-52-48-44-40-36-30-16-14-12-10-8-6-4-2/h14,16,25,28,59-60,64-65H,3-13,15,17-24,26-27,29-58H2,1-2H3,(H,63,66)/b16-14-,28-25-. The topological polar surface area (TPSA) is 95.9 Å². The quantitative estimate of drug-likeness (QED) is 0.0321. The Morgan fingerprint density at radius 2 is 0.691 bits per heavy atom. The Hall–Kier alpha value is -1.66. The number of hydrogen-bond acceptors (Lipinski definition) is 5. The van der Waals surface area contributed by atoms with Crippen molar-refractivity contribution in [3.8, 4) is 0 Å². The van der Waals surface area contributed by atoms with Crippen LogP contribution in [0.15, 0.2) is 24.3 Å². The molecule has 2 atom stereocenters. The van der Waals surface area contributed by atoms with E-state index >= 15 is 0 Å². The fourth-order valence-electron chi connectivity index (χ4n) is 9.51. The SMILES string of the molecule is CCCCCC/C=C\CCCCCCCC(=O)OCCCCCCCCC/C=C\CCCCCCCC(=O)NC(CO)C(O)CCCCCCCCCCCCCCCCCCCCCCCC. The first-order chi connectivity index (χ1) is 33.5. The highest BCUT2D eigenvalue weighted by Crippen LogP contribution is 2.17. The van der Waals surface area contributed by atoms with Gasteiger partial charge in [-0.1, -0.05) is 269 Å². The van der Waals surface area contributed by atoms with Crippen LogP contribution in [0, 0.1) is 0 Å². The highest BCUT2D eigenvalue weighted by Gasteiger charge is 2.20. The average molecular weight is 959 g/mol. The Kier molecular flexibility index (Phi) is 56.5. The smallest absolute Gasteiger partial charge is 0.305 e. The molecule has 6 nitrogen and oxygen atoms in total. The summed E-state index contributed by atoms with van der Waals surface area (Å²) < 4.78 is 5.46. The van der Waals surface area contributed by atoms with Gasteiger partial charge in [0.1, 0.15) is 0 Å². The summed E-state index contributed by atoms with van der Waals surface area (Å²) in [5.74, 6) is -0.0606. The number of aliphatic hydroxyl groups excluding tert-OH is 2. The second-order valence-corrected chi connectivity index (χ2v) is 21.0. The van der Waals surface area contributed by atoms with Gasteiger partial charge in [0.05, 0.1) is 25.4 Å². The van der Waals surface area contributed by atoms with E-state index in [1.54, 1.807) is 0 Å². The molecular formula is C62H119NO5. The molecule has 402 valence electrons. The maximum absolute atomic E-state index is 12.5. The molecule has 0 aromatic carbocycles. The van der Waals surface area contributed by atoms with Crippen LogP contribution in [0.5, 0.6) is 0 Å². The molecule has 0 bridgehead atoms. The fraction of sp³-hybridized carbons (Fsp3) is 0.903. The summed E-state index contributed by atoms with van der Waals surface area (Å²) in [7, 11) is 0. The number of carbonyl (C=O) groups is 2. The molecule has 0 aromatic heterocycles. The molecule has 0 rings (SSSR count). The summed E-state index contributed by atoms with van der Waals surface area (Å²) in [6.45, 7) is 4.93. The van der Waals surface area contributed by atoms with E-state index in [1.165, 1.54) is 238 Å². The normalized spacial score (nSPS) is 12.7. The van der Waals surface area contributed by atoms with Crippen molar-refractivity contribution >= 4 is 11.9 Å². The lowest BCUT2D eigenvalue weighted by Gasteiger charge is -2.22. The van der Waals surface area contributed by atoms with Gasteiger partial charge in [0.25, 0.3) is 0 Å².